The van der Waals surface area contributed by atoms with Gasteiger partial charge in [-0.05, 0) is 44.9 Å². The van der Waals surface area contributed by atoms with E-state index in [4.69, 9.17) is 14.2 Å². The van der Waals surface area contributed by atoms with E-state index in [0.29, 0.717) is 19.3 Å². The van der Waals surface area contributed by atoms with Crippen molar-refractivity contribution in [2.75, 3.05) is 13.2 Å². The zero-order valence-corrected chi connectivity index (χ0v) is 36.7. The maximum Gasteiger partial charge on any atom is 0.306 e. The lowest BCUT2D eigenvalue weighted by atomic mass is 10.0. The number of rotatable bonds is 43. The molecular weight excluding hydrogens is 685 g/mol. The summed E-state index contributed by atoms with van der Waals surface area (Å²) in [5.41, 5.74) is 0. The molecule has 0 radical (unpaired) electrons. The molecule has 1 unspecified atom stereocenters. The summed E-state index contributed by atoms with van der Waals surface area (Å²) in [6.45, 7) is 6.52. The summed E-state index contributed by atoms with van der Waals surface area (Å²) in [5.74, 6) is -0.894. The van der Waals surface area contributed by atoms with Crippen molar-refractivity contribution in [3.8, 4) is 0 Å². The van der Waals surface area contributed by atoms with Crippen LogP contribution in [0, 0.1) is 0 Å². The van der Waals surface area contributed by atoms with Crippen molar-refractivity contribution in [1.82, 2.24) is 0 Å². The van der Waals surface area contributed by atoms with E-state index in [2.05, 4.69) is 45.1 Å². The van der Waals surface area contributed by atoms with Crippen LogP contribution in [0.2, 0.25) is 0 Å². The molecule has 0 amide bonds. The van der Waals surface area contributed by atoms with E-state index >= 15 is 0 Å². The number of hydrogen-bond donors (Lipinski definition) is 0. The van der Waals surface area contributed by atoms with Crippen molar-refractivity contribution < 1.29 is 28.6 Å². The Balaban J connectivity index is 4.16. The molecule has 0 aliphatic carbocycles. The van der Waals surface area contributed by atoms with Gasteiger partial charge in [-0.25, -0.2) is 0 Å². The van der Waals surface area contributed by atoms with Gasteiger partial charge in [0.1, 0.15) is 13.2 Å². The van der Waals surface area contributed by atoms with Gasteiger partial charge in [-0.3, -0.25) is 14.4 Å². The molecule has 0 aromatic heterocycles. The second-order valence-electron chi connectivity index (χ2n) is 16.0. The zero-order valence-electron chi connectivity index (χ0n) is 36.7. The molecule has 0 N–H and O–H groups in total. The number of carbonyl (C=O) groups is 3. The average Bonchev–Trinajstić information content (AvgIpc) is 3.18. The second-order valence-corrected chi connectivity index (χ2v) is 16.0. The Labute approximate surface area is 341 Å². The Bertz CT molecular complexity index is 896. The maximum absolute atomic E-state index is 12.7. The van der Waals surface area contributed by atoms with Crippen LogP contribution in [-0.4, -0.2) is 37.2 Å². The lowest BCUT2D eigenvalue weighted by molar-refractivity contribution is -0.167. The fourth-order valence-corrected chi connectivity index (χ4v) is 6.81. The third-order valence-electron chi connectivity index (χ3n) is 10.5. The predicted octanol–water partition coefficient (Wildman–Crippen LogP) is 15.2. The summed E-state index contributed by atoms with van der Waals surface area (Å²) in [4.78, 5) is 37.5. The molecular formula is C49H90O6. The first-order valence-electron chi connectivity index (χ1n) is 23.8. The first-order valence-corrected chi connectivity index (χ1v) is 23.8. The minimum atomic E-state index is -0.769. The smallest absolute Gasteiger partial charge is 0.306 e. The highest BCUT2D eigenvalue weighted by molar-refractivity contribution is 5.71. The summed E-state index contributed by atoms with van der Waals surface area (Å²) in [6.07, 6.45) is 49.1. The summed E-state index contributed by atoms with van der Waals surface area (Å²) >= 11 is 0. The Morgan fingerprint density at radius 1 is 0.364 bits per heavy atom. The molecule has 0 heterocycles. The van der Waals surface area contributed by atoms with Gasteiger partial charge in [0.15, 0.2) is 6.10 Å². The van der Waals surface area contributed by atoms with Gasteiger partial charge in [-0.1, -0.05) is 212 Å². The van der Waals surface area contributed by atoms with Crippen LogP contribution in [0.1, 0.15) is 252 Å². The SMILES string of the molecule is CCCC/C=C\C/C=C\CCCCCCCC(=O)OC(COC(=O)CCCCCCC)COC(=O)CCCCCCCCCCCCCCCCCCCC. The Hall–Kier alpha value is -2.11. The van der Waals surface area contributed by atoms with Crippen molar-refractivity contribution in [1.29, 1.82) is 0 Å². The highest BCUT2D eigenvalue weighted by atomic mass is 16.6. The summed E-state index contributed by atoms with van der Waals surface area (Å²) in [5, 5.41) is 0. The minimum absolute atomic E-state index is 0.0740. The van der Waals surface area contributed by atoms with Gasteiger partial charge in [0.25, 0.3) is 0 Å². The third kappa shape index (κ3) is 42.9. The van der Waals surface area contributed by atoms with Crippen LogP contribution >= 0.6 is 0 Å². The van der Waals surface area contributed by atoms with Crippen LogP contribution < -0.4 is 0 Å². The van der Waals surface area contributed by atoms with Crippen molar-refractivity contribution >= 4 is 17.9 Å². The highest BCUT2D eigenvalue weighted by Crippen LogP contribution is 2.16. The molecule has 0 aromatic carbocycles. The summed E-state index contributed by atoms with van der Waals surface area (Å²) in [7, 11) is 0. The second kappa shape index (κ2) is 44.6. The molecule has 322 valence electrons. The van der Waals surface area contributed by atoms with E-state index in [0.717, 1.165) is 89.9 Å². The van der Waals surface area contributed by atoms with Gasteiger partial charge in [-0.2, -0.15) is 0 Å². The number of allylic oxidation sites excluding steroid dienone is 4. The van der Waals surface area contributed by atoms with E-state index in [1.54, 1.807) is 0 Å². The minimum Gasteiger partial charge on any atom is -0.462 e. The van der Waals surface area contributed by atoms with Gasteiger partial charge in [-0.15, -0.1) is 0 Å². The fraction of sp³-hybridized carbons (Fsp3) is 0.857. The van der Waals surface area contributed by atoms with E-state index in [1.165, 1.54) is 122 Å². The Kier molecular flexibility index (Phi) is 42.9. The van der Waals surface area contributed by atoms with E-state index in [1.807, 2.05) is 0 Å². The van der Waals surface area contributed by atoms with Crippen molar-refractivity contribution in [3.05, 3.63) is 24.3 Å². The van der Waals surface area contributed by atoms with Crippen molar-refractivity contribution in [3.63, 3.8) is 0 Å². The molecule has 1 atom stereocenters. The standard InChI is InChI=1S/C49H90O6/c1-4-7-10-13-15-17-19-21-23-24-25-26-28-29-31-33-36-39-42-48(51)54-45-46(44-53-47(50)41-38-35-12-9-6-3)55-49(52)43-40-37-34-32-30-27-22-20-18-16-14-11-8-5-2/h14,16,20,22,46H,4-13,15,17-19,21,23-45H2,1-3H3/b16-14-,22-20-. The number of unbranched alkanes of at least 4 members (excludes halogenated alkanes) is 28. The van der Waals surface area contributed by atoms with Crippen LogP contribution in [0.3, 0.4) is 0 Å². The molecule has 6 heteroatoms. The molecule has 0 fully saturated rings. The van der Waals surface area contributed by atoms with Crippen LogP contribution in [-0.2, 0) is 28.6 Å². The lowest BCUT2D eigenvalue weighted by Crippen LogP contribution is -2.30. The Morgan fingerprint density at radius 2 is 0.673 bits per heavy atom. The quantitative estimate of drug-likeness (QED) is 0.0266. The van der Waals surface area contributed by atoms with E-state index in [-0.39, 0.29) is 31.1 Å². The average molecular weight is 775 g/mol. The first-order chi connectivity index (χ1) is 27.0. The first kappa shape index (κ1) is 52.9. The van der Waals surface area contributed by atoms with Crippen molar-refractivity contribution in [2.24, 2.45) is 0 Å². The van der Waals surface area contributed by atoms with E-state index < -0.39 is 6.10 Å². The number of hydrogen-bond acceptors (Lipinski definition) is 6. The largest absolute Gasteiger partial charge is 0.462 e. The molecule has 6 nitrogen and oxygen atoms in total. The van der Waals surface area contributed by atoms with Gasteiger partial charge < -0.3 is 14.2 Å². The molecule has 0 saturated heterocycles. The monoisotopic (exact) mass is 775 g/mol. The van der Waals surface area contributed by atoms with Crippen LogP contribution in [0.25, 0.3) is 0 Å². The molecule has 0 bridgehead atoms. The topological polar surface area (TPSA) is 78.9 Å². The normalized spacial score (nSPS) is 12.1. The molecule has 0 saturated carbocycles. The zero-order chi connectivity index (χ0) is 40.1. The third-order valence-corrected chi connectivity index (χ3v) is 10.5. The molecule has 0 rings (SSSR count). The number of ether oxygens (including phenoxy) is 3. The summed E-state index contributed by atoms with van der Waals surface area (Å²) < 4.78 is 16.6. The molecule has 0 spiro atoms. The van der Waals surface area contributed by atoms with Gasteiger partial charge in [0.05, 0.1) is 0 Å². The van der Waals surface area contributed by atoms with Crippen molar-refractivity contribution in [2.45, 2.75) is 258 Å². The maximum atomic E-state index is 12.7. The Morgan fingerprint density at radius 3 is 1.05 bits per heavy atom. The van der Waals surface area contributed by atoms with Crippen LogP contribution in [0.15, 0.2) is 24.3 Å². The van der Waals surface area contributed by atoms with Gasteiger partial charge >= 0.3 is 17.9 Å². The van der Waals surface area contributed by atoms with Gasteiger partial charge in [0, 0.05) is 19.3 Å². The lowest BCUT2D eigenvalue weighted by Gasteiger charge is -2.18. The molecule has 0 aliphatic rings. The highest BCUT2D eigenvalue weighted by Gasteiger charge is 2.19. The molecule has 55 heavy (non-hydrogen) atoms. The molecule has 0 aliphatic heterocycles. The summed E-state index contributed by atoms with van der Waals surface area (Å²) in [6, 6.07) is 0. The van der Waals surface area contributed by atoms with E-state index in [9.17, 15) is 14.4 Å². The number of esters is 3. The van der Waals surface area contributed by atoms with Crippen LogP contribution in [0.5, 0.6) is 0 Å². The van der Waals surface area contributed by atoms with Crippen LogP contribution in [0.4, 0.5) is 0 Å². The predicted molar refractivity (Wildman–Crippen MR) is 233 cm³/mol. The number of carbonyl (C=O) groups excluding carboxylic acids is 3. The molecule has 0 aromatic rings. The fourth-order valence-electron chi connectivity index (χ4n) is 6.81. The van der Waals surface area contributed by atoms with Gasteiger partial charge in [0.2, 0.25) is 0 Å².